The second kappa shape index (κ2) is 5.52. The highest BCUT2D eigenvalue weighted by molar-refractivity contribution is 7.90. The fraction of sp³-hybridized carbons (Fsp3) is 0.700. The summed E-state index contributed by atoms with van der Waals surface area (Å²) >= 11 is 1.18. The van der Waals surface area contributed by atoms with Crippen LogP contribution in [0.2, 0.25) is 0 Å². The van der Waals surface area contributed by atoms with Crippen molar-refractivity contribution in [2.45, 2.75) is 32.3 Å². The molecule has 0 spiro atoms. The molecule has 1 unspecified atom stereocenters. The Morgan fingerprint density at radius 1 is 1.44 bits per heavy atom. The van der Waals surface area contributed by atoms with Crippen molar-refractivity contribution in [3.05, 3.63) is 11.1 Å². The Kier molecular flexibility index (Phi) is 4.21. The second-order valence-corrected chi connectivity index (χ2v) is 6.85. The standard InChI is InChI=1S/C10H17N3O3S2/c1-8(14)9-7-17-10(11-9)12-18(15,16)13-5-3-2-4-6-13/h7-8,14H,2-6H2,1H3,(H,11,12). The van der Waals surface area contributed by atoms with Crippen molar-refractivity contribution in [2.75, 3.05) is 17.8 Å². The van der Waals surface area contributed by atoms with Gasteiger partial charge < -0.3 is 5.11 Å². The predicted molar refractivity (Wildman–Crippen MR) is 70.7 cm³/mol. The Hall–Kier alpha value is -0.700. The third-order valence-electron chi connectivity index (χ3n) is 2.82. The van der Waals surface area contributed by atoms with Gasteiger partial charge in [-0.2, -0.15) is 12.7 Å². The van der Waals surface area contributed by atoms with Gasteiger partial charge >= 0.3 is 10.2 Å². The minimum Gasteiger partial charge on any atom is -0.387 e. The molecule has 2 rings (SSSR count). The Bertz CT molecular complexity index is 492. The first-order chi connectivity index (χ1) is 8.49. The molecule has 1 saturated heterocycles. The van der Waals surface area contributed by atoms with Crippen molar-refractivity contribution < 1.29 is 13.5 Å². The van der Waals surface area contributed by atoms with Crippen LogP contribution in [0.25, 0.3) is 0 Å². The van der Waals surface area contributed by atoms with Crippen LogP contribution in [-0.4, -0.2) is 35.9 Å². The molecular formula is C10H17N3O3S2. The minimum absolute atomic E-state index is 0.302. The van der Waals surface area contributed by atoms with Crippen LogP contribution in [0.15, 0.2) is 5.38 Å². The molecule has 0 aromatic carbocycles. The van der Waals surface area contributed by atoms with E-state index in [9.17, 15) is 13.5 Å². The molecule has 1 atom stereocenters. The topological polar surface area (TPSA) is 82.5 Å². The summed E-state index contributed by atoms with van der Waals surface area (Å²) in [7, 11) is -3.50. The van der Waals surface area contributed by atoms with E-state index in [1.165, 1.54) is 15.6 Å². The summed E-state index contributed by atoms with van der Waals surface area (Å²) in [5.41, 5.74) is 0.483. The lowest BCUT2D eigenvalue weighted by molar-refractivity contribution is 0.195. The second-order valence-electron chi connectivity index (χ2n) is 4.32. The number of nitrogens with zero attached hydrogens (tertiary/aromatic N) is 2. The molecule has 0 saturated carbocycles. The number of aromatic nitrogens is 1. The van der Waals surface area contributed by atoms with Gasteiger partial charge in [0.15, 0.2) is 5.13 Å². The van der Waals surface area contributed by atoms with Crippen LogP contribution in [0.3, 0.4) is 0 Å². The lowest BCUT2D eigenvalue weighted by Gasteiger charge is -2.25. The number of anilines is 1. The van der Waals surface area contributed by atoms with E-state index in [0.29, 0.717) is 23.9 Å². The van der Waals surface area contributed by atoms with E-state index in [4.69, 9.17) is 0 Å². The van der Waals surface area contributed by atoms with Crippen molar-refractivity contribution in [3.8, 4) is 0 Å². The number of rotatable bonds is 4. The zero-order chi connectivity index (χ0) is 13.2. The van der Waals surface area contributed by atoms with Crippen LogP contribution in [0.1, 0.15) is 38.0 Å². The molecule has 0 amide bonds. The van der Waals surface area contributed by atoms with Crippen LogP contribution >= 0.6 is 11.3 Å². The van der Waals surface area contributed by atoms with Crippen LogP contribution < -0.4 is 4.72 Å². The molecule has 6 nitrogen and oxygen atoms in total. The molecule has 0 aliphatic carbocycles. The smallest absolute Gasteiger partial charge is 0.303 e. The maximum absolute atomic E-state index is 12.1. The first kappa shape index (κ1) is 13.7. The van der Waals surface area contributed by atoms with E-state index in [1.807, 2.05) is 0 Å². The Morgan fingerprint density at radius 3 is 2.67 bits per heavy atom. The summed E-state index contributed by atoms with van der Waals surface area (Å²) in [6, 6.07) is 0. The molecule has 102 valence electrons. The molecule has 2 heterocycles. The predicted octanol–water partition coefficient (Wildman–Crippen LogP) is 1.34. The molecule has 1 fully saturated rings. The Labute approximate surface area is 111 Å². The van der Waals surface area contributed by atoms with Crippen molar-refractivity contribution in [1.29, 1.82) is 0 Å². The Morgan fingerprint density at radius 2 is 2.11 bits per heavy atom. The quantitative estimate of drug-likeness (QED) is 0.877. The average molecular weight is 291 g/mol. The molecule has 1 aliphatic heterocycles. The van der Waals surface area contributed by atoms with E-state index < -0.39 is 16.3 Å². The van der Waals surface area contributed by atoms with Gasteiger partial charge in [-0.25, -0.2) is 9.71 Å². The molecule has 0 bridgehead atoms. The zero-order valence-corrected chi connectivity index (χ0v) is 11.8. The highest BCUT2D eigenvalue weighted by Crippen LogP contribution is 2.22. The summed E-state index contributed by atoms with van der Waals surface area (Å²) in [5.74, 6) is 0. The normalized spacial score (nSPS) is 19.7. The number of aliphatic hydroxyl groups excluding tert-OH is 1. The van der Waals surface area contributed by atoms with Gasteiger partial charge in [0.25, 0.3) is 0 Å². The summed E-state index contributed by atoms with van der Waals surface area (Å²) < 4.78 is 28.0. The molecule has 1 aliphatic rings. The number of nitrogens with one attached hydrogen (secondary N) is 1. The number of hydrogen-bond donors (Lipinski definition) is 2. The highest BCUT2D eigenvalue weighted by Gasteiger charge is 2.24. The first-order valence-electron chi connectivity index (χ1n) is 5.90. The molecular weight excluding hydrogens is 274 g/mol. The van der Waals surface area contributed by atoms with Crippen molar-refractivity contribution in [3.63, 3.8) is 0 Å². The fourth-order valence-electron chi connectivity index (χ4n) is 1.81. The third kappa shape index (κ3) is 3.19. The molecule has 18 heavy (non-hydrogen) atoms. The lowest BCUT2D eigenvalue weighted by Crippen LogP contribution is -2.39. The first-order valence-corrected chi connectivity index (χ1v) is 8.22. The molecule has 1 aromatic rings. The average Bonchev–Trinajstić information content (AvgIpc) is 2.78. The van der Waals surface area contributed by atoms with Gasteiger partial charge in [0, 0.05) is 18.5 Å². The van der Waals surface area contributed by atoms with E-state index in [2.05, 4.69) is 9.71 Å². The van der Waals surface area contributed by atoms with E-state index in [-0.39, 0.29) is 0 Å². The number of hydrogen-bond acceptors (Lipinski definition) is 5. The summed E-state index contributed by atoms with van der Waals surface area (Å²) in [4.78, 5) is 4.04. The summed E-state index contributed by atoms with van der Waals surface area (Å²) in [5, 5.41) is 11.3. The fourth-order valence-corrected chi connectivity index (χ4v) is 4.09. The minimum atomic E-state index is -3.50. The van der Waals surface area contributed by atoms with E-state index in [1.54, 1.807) is 12.3 Å². The van der Waals surface area contributed by atoms with Crippen molar-refractivity contribution in [2.24, 2.45) is 0 Å². The number of thiazole rings is 1. The van der Waals surface area contributed by atoms with Crippen molar-refractivity contribution in [1.82, 2.24) is 9.29 Å². The Balaban J connectivity index is 2.06. The maximum atomic E-state index is 12.1. The third-order valence-corrected chi connectivity index (χ3v) is 5.22. The zero-order valence-electron chi connectivity index (χ0n) is 10.2. The van der Waals surface area contributed by atoms with Crippen LogP contribution in [0.4, 0.5) is 5.13 Å². The molecule has 2 N–H and O–H groups in total. The van der Waals surface area contributed by atoms with Gasteiger partial charge in [-0.1, -0.05) is 6.42 Å². The summed E-state index contributed by atoms with van der Waals surface area (Å²) in [6.07, 6.45) is 2.19. The molecule has 0 radical (unpaired) electrons. The summed E-state index contributed by atoms with van der Waals surface area (Å²) in [6.45, 7) is 2.71. The lowest BCUT2D eigenvalue weighted by atomic mass is 10.2. The van der Waals surface area contributed by atoms with Crippen LogP contribution in [-0.2, 0) is 10.2 Å². The van der Waals surface area contributed by atoms with Crippen molar-refractivity contribution >= 4 is 26.7 Å². The number of aliphatic hydroxyl groups is 1. The maximum Gasteiger partial charge on any atom is 0.303 e. The monoisotopic (exact) mass is 291 g/mol. The van der Waals surface area contributed by atoms with E-state index >= 15 is 0 Å². The van der Waals surface area contributed by atoms with Crippen LogP contribution in [0.5, 0.6) is 0 Å². The molecule has 1 aromatic heterocycles. The van der Waals surface area contributed by atoms with Gasteiger partial charge in [0.05, 0.1) is 11.8 Å². The largest absolute Gasteiger partial charge is 0.387 e. The SMILES string of the molecule is CC(O)c1csc(NS(=O)(=O)N2CCCCC2)n1. The van der Waals surface area contributed by atoms with E-state index in [0.717, 1.165) is 19.3 Å². The molecule has 8 heteroatoms. The van der Waals surface area contributed by atoms with Gasteiger partial charge in [0.2, 0.25) is 0 Å². The number of piperidine rings is 1. The highest BCUT2D eigenvalue weighted by atomic mass is 32.2. The van der Waals surface area contributed by atoms with Gasteiger partial charge in [-0.15, -0.1) is 11.3 Å². The van der Waals surface area contributed by atoms with Gasteiger partial charge in [-0.3, -0.25) is 0 Å². The van der Waals surface area contributed by atoms with Crippen LogP contribution in [0, 0.1) is 0 Å². The van der Waals surface area contributed by atoms with Gasteiger partial charge in [-0.05, 0) is 19.8 Å². The van der Waals surface area contributed by atoms with Gasteiger partial charge in [0.1, 0.15) is 0 Å².